The predicted molar refractivity (Wildman–Crippen MR) is 99.1 cm³/mol. The molecule has 5 atom stereocenters. The smallest absolute Gasteiger partial charge is 0.443 e. The highest BCUT2D eigenvalue weighted by Gasteiger charge is 2.58. The van der Waals surface area contributed by atoms with E-state index in [0.717, 1.165) is 12.8 Å². The van der Waals surface area contributed by atoms with E-state index in [0.29, 0.717) is 17.8 Å². The van der Waals surface area contributed by atoms with Gasteiger partial charge in [-0.2, -0.15) is 14.3 Å². The van der Waals surface area contributed by atoms with Crippen LogP contribution in [-0.2, 0) is 18.8 Å². The van der Waals surface area contributed by atoms with Crippen molar-refractivity contribution in [3.63, 3.8) is 0 Å². The molecule has 1 aromatic rings. The largest absolute Gasteiger partial charge is 0.455 e. The quantitative estimate of drug-likeness (QED) is 0.354. The molecule has 2 aliphatic heterocycles. The lowest BCUT2D eigenvalue weighted by molar-refractivity contribution is -0.926. The molecule has 9 heteroatoms. The second-order valence-corrected chi connectivity index (χ2v) is 9.01. The lowest BCUT2D eigenvalue weighted by Gasteiger charge is -2.37. The molecule has 0 radical (unpaired) electrons. The Bertz CT molecular complexity index is 686. The van der Waals surface area contributed by atoms with Crippen LogP contribution < -0.4 is 15.5 Å². The van der Waals surface area contributed by atoms with Crippen LogP contribution in [0.5, 0.6) is 0 Å². The number of carbonyl (C=O) groups excluding carboxylic acids is 2. The van der Waals surface area contributed by atoms with E-state index in [1.165, 1.54) is 11.9 Å². The van der Waals surface area contributed by atoms with Crippen molar-refractivity contribution < 1.29 is 33.5 Å². The molecule has 3 unspecified atom stereocenters. The lowest BCUT2D eigenvalue weighted by atomic mass is 9.88. The molecular formula is C18H27N2O6P+2. The molecule has 0 spiro atoms. The Balaban J connectivity index is 1.79. The summed E-state index contributed by atoms with van der Waals surface area (Å²) in [6, 6.07) is 8.67. The minimum Gasteiger partial charge on any atom is -0.455 e. The van der Waals surface area contributed by atoms with Gasteiger partial charge in [0.15, 0.2) is 11.9 Å². The van der Waals surface area contributed by atoms with Gasteiger partial charge in [-0.05, 0) is 12.1 Å². The molecule has 8 nitrogen and oxygen atoms in total. The molecule has 1 aromatic carbocycles. The Morgan fingerprint density at radius 2 is 1.96 bits per heavy atom. The van der Waals surface area contributed by atoms with E-state index < -0.39 is 31.8 Å². The fourth-order valence-electron chi connectivity index (χ4n) is 4.19. The second-order valence-electron chi connectivity index (χ2n) is 7.19. The molecule has 2 bridgehead atoms. The summed E-state index contributed by atoms with van der Waals surface area (Å²) in [4.78, 5) is 46.5. The van der Waals surface area contributed by atoms with E-state index in [9.17, 15) is 19.4 Å². The summed E-state index contributed by atoms with van der Waals surface area (Å²) >= 11 is 0. The summed E-state index contributed by atoms with van der Waals surface area (Å²) in [5, 5.41) is 2.72. The second kappa shape index (κ2) is 8.20. The molecule has 27 heavy (non-hydrogen) atoms. The van der Waals surface area contributed by atoms with Crippen LogP contribution >= 0.6 is 7.94 Å². The first-order valence-electron chi connectivity index (χ1n) is 9.12. The number of hydrogen-bond acceptors (Lipinski definition) is 6. The Hall–Kier alpha value is -1.57. The SMILES string of the molecule is CNC(=O)COC(=O)[C@@H]1C2CCC(C[C@@H]1O[P+](O)(O)c1ccccc1)[NH+]2C. The Labute approximate surface area is 159 Å². The lowest BCUT2D eigenvalue weighted by Crippen LogP contribution is -3.16. The highest BCUT2D eigenvalue weighted by atomic mass is 31.2. The highest BCUT2D eigenvalue weighted by Crippen LogP contribution is 2.53. The van der Waals surface area contributed by atoms with Gasteiger partial charge in [0.25, 0.3) is 5.91 Å². The highest BCUT2D eigenvalue weighted by molar-refractivity contribution is 7.67. The molecule has 0 saturated carbocycles. The van der Waals surface area contributed by atoms with Crippen molar-refractivity contribution in [2.45, 2.75) is 37.5 Å². The fourth-order valence-corrected chi connectivity index (χ4v) is 5.47. The number of quaternary nitrogens is 1. The van der Waals surface area contributed by atoms with Crippen LogP contribution in [0, 0.1) is 5.92 Å². The molecule has 4 N–H and O–H groups in total. The zero-order chi connectivity index (χ0) is 19.6. The number of rotatable bonds is 6. The van der Waals surface area contributed by atoms with Gasteiger partial charge in [-0.3, -0.25) is 9.59 Å². The summed E-state index contributed by atoms with van der Waals surface area (Å²) in [5.41, 5.74) is 0. The minimum absolute atomic E-state index is 0.0262. The third-order valence-corrected chi connectivity index (χ3v) is 7.21. The van der Waals surface area contributed by atoms with Crippen LogP contribution in [0.15, 0.2) is 30.3 Å². The van der Waals surface area contributed by atoms with Gasteiger partial charge in [-0.25, -0.2) is 0 Å². The van der Waals surface area contributed by atoms with E-state index in [1.807, 2.05) is 7.05 Å². The van der Waals surface area contributed by atoms with E-state index in [4.69, 9.17) is 9.26 Å². The van der Waals surface area contributed by atoms with Crippen LogP contribution in [0.25, 0.3) is 0 Å². The third-order valence-electron chi connectivity index (χ3n) is 5.68. The van der Waals surface area contributed by atoms with Crippen LogP contribution in [0.1, 0.15) is 19.3 Å². The number of hydrogen-bond donors (Lipinski definition) is 4. The first-order chi connectivity index (χ1) is 12.8. The average Bonchev–Trinajstić information content (AvgIpc) is 2.89. The van der Waals surface area contributed by atoms with Crippen molar-refractivity contribution in [2.75, 3.05) is 20.7 Å². The molecule has 1 amide bonds. The van der Waals surface area contributed by atoms with Gasteiger partial charge >= 0.3 is 13.9 Å². The van der Waals surface area contributed by atoms with Gasteiger partial charge in [0.05, 0.1) is 13.1 Å². The molecular weight excluding hydrogens is 371 g/mol. The van der Waals surface area contributed by atoms with Gasteiger partial charge in [-0.15, -0.1) is 0 Å². The molecule has 2 fully saturated rings. The van der Waals surface area contributed by atoms with Crippen molar-refractivity contribution in [3.8, 4) is 0 Å². The summed E-state index contributed by atoms with van der Waals surface area (Å²) in [6.07, 6.45) is 1.66. The minimum atomic E-state index is -3.83. The normalized spacial score (nSPS) is 30.0. The first kappa shape index (κ1) is 20.2. The van der Waals surface area contributed by atoms with Crippen molar-refractivity contribution >= 4 is 25.1 Å². The molecule has 0 aliphatic carbocycles. The number of likely N-dealkylation sites (N-methyl/N-ethyl adjacent to an activating group) is 1. The van der Waals surface area contributed by atoms with Gasteiger partial charge in [0.1, 0.15) is 18.1 Å². The number of nitrogens with one attached hydrogen (secondary N) is 2. The van der Waals surface area contributed by atoms with E-state index in [1.54, 1.807) is 30.3 Å². The van der Waals surface area contributed by atoms with E-state index in [-0.39, 0.29) is 12.6 Å². The molecule has 148 valence electrons. The van der Waals surface area contributed by atoms with Gasteiger partial charge in [0.2, 0.25) is 0 Å². The summed E-state index contributed by atoms with van der Waals surface area (Å²) in [6.45, 7) is -0.356. The zero-order valence-electron chi connectivity index (χ0n) is 15.5. The van der Waals surface area contributed by atoms with Crippen LogP contribution in [0.3, 0.4) is 0 Å². The maximum atomic E-state index is 12.7. The van der Waals surface area contributed by atoms with Gasteiger partial charge in [-0.1, -0.05) is 18.2 Å². The van der Waals surface area contributed by atoms with Crippen molar-refractivity contribution in [2.24, 2.45) is 5.92 Å². The molecule has 2 aliphatic rings. The topological polar surface area (TPSA) is 110 Å². The van der Waals surface area contributed by atoms with Crippen molar-refractivity contribution in [3.05, 3.63) is 30.3 Å². The molecule has 2 heterocycles. The van der Waals surface area contributed by atoms with Crippen molar-refractivity contribution in [1.82, 2.24) is 5.32 Å². The third kappa shape index (κ3) is 4.31. The standard InChI is InChI=1S/C18H25N2O6P/c1-19-16(21)11-25-18(22)17-14-9-8-12(20(14)2)10-15(17)26-27(23,24)13-6-4-3-5-7-13/h3-7,12,14-15,17,23-24H,8-11H2,1-2H3/p+2/t12?,14?,15-,17+/m0/s1. The van der Waals surface area contributed by atoms with Gasteiger partial charge < -0.3 is 15.0 Å². The number of benzene rings is 1. The predicted octanol–water partition coefficient (Wildman–Crippen LogP) is -1.20. The monoisotopic (exact) mass is 398 g/mol. The number of piperidine rings is 1. The summed E-state index contributed by atoms with van der Waals surface area (Å²) in [5.74, 6) is -1.56. The first-order valence-corrected chi connectivity index (χ1v) is 10.7. The fraction of sp³-hybridized carbons (Fsp3) is 0.556. The zero-order valence-corrected chi connectivity index (χ0v) is 16.4. The number of carbonyl (C=O) groups is 2. The van der Waals surface area contributed by atoms with E-state index in [2.05, 4.69) is 5.32 Å². The molecule has 3 rings (SSSR count). The number of esters is 1. The number of ether oxygens (including phenoxy) is 1. The van der Waals surface area contributed by atoms with Crippen LogP contribution in [0.2, 0.25) is 0 Å². The Morgan fingerprint density at radius 1 is 1.26 bits per heavy atom. The number of fused-ring (bicyclic) bond motifs is 2. The maximum absolute atomic E-state index is 12.7. The maximum Gasteiger partial charge on any atom is 0.443 e. The van der Waals surface area contributed by atoms with Crippen molar-refractivity contribution in [1.29, 1.82) is 0 Å². The average molecular weight is 398 g/mol. The summed E-state index contributed by atoms with van der Waals surface area (Å²) in [7, 11) is -0.318. The van der Waals surface area contributed by atoms with Crippen LogP contribution in [0.4, 0.5) is 0 Å². The van der Waals surface area contributed by atoms with Crippen LogP contribution in [-0.4, -0.2) is 60.6 Å². The number of amides is 1. The van der Waals surface area contributed by atoms with Gasteiger partial charge in [0, 0.05) is 26.3 Å². The Morgan fingerprint density at radius 3 is 2.63 bits per heavy atom. The summed E-state index contributed by atoms with van der Waals surface area (Å²) < 4.78 is 11.0. The Kier molecular flexibility index (Phi) is 6.13. The van der Waals surface area contributed by atoms with E-state index >= 15 is 0 Å². The molecule has 2 saturated heterocycles. The molecule has 0 aromatic heterocycles.